The van der Waals surface area contributed by atoms with Crippen molar-refractivity contribution in [3.8, 4) is 50.6 Å². The first-order chi connectivity index (χ1) is 62.3. The van der Waals surface area contributed by atoms with Gasteiger partial charge < -0.3 is 18.6 Å². The van der Waals surface area contributed by atoms with E-state index in [2.05, 4.69) is 51.9 Å². The van der Waals surface area contributed by atoms with E-state index < -0.39 is 47.8 Å². The van der Waals surface area contributed by atoms with E-state index in [1.54, 1.807) is 71.5 Å². The van der Waals surface area contributed by atoms with Crippen molar-refractivity contribution in [3.63, 3.8) is 0 Å². The number of ether oxygens (including phenoxy) is 3. The third-order valence-electron chi connectivity index (χ3n) is 23.5. The van der Waals surface area contributed by atoms with Crippen LogP contribution in [-0.4, -0.2) is 97.2 Å². The van der Waals surface area contributed by atoms with Gasteiger partial charge in [-0.2, -0.15) is 0 Å². The van der Waals surface area contributed by atoms with Gasteiger partial charge in [-0.1, -0.05) is 144 Å². The van der Waals surface area contributed by atoms with Crippen molar-refractivity contribution in [3.05, 3.63) is 352 Å². The summed E-state index contributed by atoms with van der Waals surface area (Å²) < 4.78 is 107. The molecule has 0 bridgehead atoms. The molecule has 9 aromatic carbocycles. The number of carbonyl (C=O) groups excluding carboxylic acids is 3. The van der Waals surface area contributed by atoms with E-state index in [-0.39, 0.29) is 21.1 Å². The number of hydrogen-bond donors (Lipinski definition) is 3. The van der Waals surface area contributed by atoms with Crippen molar-refractivity contribution in [2.45, 2.75) is 142 Å². The van der Waals surface area contributed by atoms with Gasteiger partial charge in [0.2, 0.25) is 0 Å². The second kappa shape index (κ2) is 39.2. The van der Waals surface area contributed by atoms with Gasteiger partial charge in [-0.15, -0.1) is 5.10 Å². The summed E-state index contributed by atoms with van der Waals surface area (Å²) in [5.41, 5.74) is 26.7. The lowest BCUT2D eigenvalue weighted by atomic mass is 9.91. The van der Waals surface area contributed by atoms with Crippen molar-refractivity contribution in [2.75, 3.05) is 19.8 Å². The van der Waals surface area contributed by atoms with Gasteiger partial charge in [0, 0.05) is 104 Å². The van der Waals surface area contributed by atoms with Crippen LogP contribution in [0.15, 0.2) is 263 Å². The second-order valence-electron chi connectivity index (χ2n) is 32.6. The third-order valence-corrected chi connectivity index (χ3v) is 29.4. The van der Waals surface area contributed by atoms with Crippen molar-refractivity contribution >= 4 is 111 Å². The van der Waals surface area contributed by atoms with Gasteiger partial charge in [-0.25, -0.2) is 48.9 Å². The fraction of sp³-hybridized carbons (Fsp3) is 0.216. The molecule has 0 saturated heterocycles. The molecule has 28 heteroatoms. The fourth-order valence-corrected chi connectivity index (χ4v) is 20.5. The van der Waals surface area contributed by atoms with Crippen LogP contribution in [0.25, 0.3) is 61.4 Å². The molecule has 130 heavy (non-hydrogen) atoms. The number of pyridine rings is 3. The zero-order chi connectivity index (χ0) is 92.0. The second-order valence-corrected chi connectivity index (χ2v) is 38.8. The number of halogens is 3. The molecule has 17 rings (SSSR count). The average molecular weight is 1860 g/mol. The molecule has 0 saturated carbocycles. The number of allylic oxidation sites excluding steroid dienone is 3. The van der Waals surface area contributed by atoms with Crippen LogP contribution in [0.3, 0.4) is 0 Å². The van der Waals surface area contributed by atoms with E-state index in [0.717, 1.165) is 177 Å². The van der Waals surface area contributed by atoms with Crippen molar-refractivity contribution < 1.29 is 53.8 Å². The Hall–Kier alpha value is -12.9. The lowest BCUT2D eigenvalue weighted by Gasteiger charge is -2.15. The molecule has 3 amide bonds. The van der Waals surface area contributed by atoms with E-state index in [1.165, 1.54) is 36.4 Å². The molecular formula is C102H95Cl3N10O12S3. The number of nitrogens with zero attached hydrogens (tertiary/aromatic N) is 7. The molecule has 3 aliphatic carbocycles. The van der Waals surface area contributed by atoms with Crippen LogP contribution in [-0.2, 0) is 63.7 Å². The summed E-state index contributed by atoms with van der Waals surface area (Å²) in [5, 5.41) is 14.0. The molecule has 664 valence electrons. The first kappa shape index (κ1) is 91.9. The molecule has 0 fully saturated rings. The first-order valence-corrected chi connectivity index (χ1v) is 48.0. The van der Waals surface area contributed by atoms with E-state index in [4.69, 9.17) is 49.0 Å². The minimum atomic E-state index is -4.06. The number of aryl methyl sites for hydroxylation is 10. The van der Waals surface area contributed by atoms with Gasteiger partial charge in [0.1, 0.15) is 22.9 Å². The van der Waals surface area contributed by atoms with Gasteiger partial charge in [-0.05, 0) is 326 Å². The number of tetrazole rings is 1. The normalized spacial score (nSPS) is 12.9. The van der Waals surface area contributed by atoms with Crippen LogP contribution in [0.5, 0.6) is 17.2 Å². The smallest absolute Gasteiger partial charge is 0.264 e. The first-order valence-electron chi connectivity index (χ1n) is 42.4. The molecular weight excluding hydrogens is 1760 g/mol. The lowest BCUT2D eigenvalue weighted by Crippen LogP contribution is -2.32. The largest absolute Gasteiger partial charge is 0.494 e. The highest BCUT2D eigenvalue weighted by Gasteiger charge is 2.36. The molecule has 0 radical (unpaired) electrons. The zero-order valence-electron chi connectivity index (χ0n) is 73.3. The quantitative estimate of drug-likeness (QED) is 0.0403. The fourth-order valence-electron chi connectivity index (χ4n) is 17.2. The summed E-state index contributed by atoms with van der Waals surface area (Å²) in [7, 11) is -12.1. The Kier molecular flexibility index (Phi) is 27.7. The van der Waals surface area contributed by atoms with E-state index in [1.807, 2.05) is 189 Å². The molecule has 0 atom stereocenters. The highest BCUT2D eigenvalue weighted by atomic mass is 35.5. The number of nitrogens with one attached hydrogen (secondary N) is 3. The summed E-state index contributed by atoms with van der Waals surface area (Å²) in [6, 6.07) is 59.2. The minimum Gasteiger partial charge on any atom is -0.494 e. The van der Waals surface area contributed by atoms with E-state index in [0.29, 0.717) is 93.6 Å². The summed E-state index contributed by atoms with van der Waals surface area (Å²) in [5.74, 6) is 0.353. The summed E-state index contributed by atoms with van der Waals surface area (Å²) in [6.45, 7) is 21.0. The Balaban J connectivity index is 0.000000150. The number of benzene rings is 9. The zero-order valence-corrected chi connectivity index (χ0v) is 78.0. The maximum absolute atomic E-state index is 13.7. The number of fused-ring (bicyclic) bond motifs is 5. The highest BCUT2D eigenvalue weighted by molar-refractivity contribution is 7.90. The Bertz CT molecular complexity index is 6900. The number of aromatic nitrogens is 7. The summed E-state index contributed by atoms with van der Waals surface area (Å²) in [6.07, 6.45) is 13.8. The minimum absolute atomic E-state index is 0.0269. The monoisotopic (exact) mass is 1850 g/mol. The number of imidazole rings is 1. The van der Waals surface area contributed by atoms with Crippen molar-refractivity contribution in [1.29, 1.82) is 0 Å². The van der Waals surface area contributed by atoms with Gasteiger partial charge in [0.05, 0.1) is 34.5 Å². The number of sulfonamides is 3. The maximum Gasteiger partial charge on any atom is 0.264 e. The van der Waals surface area contributed by atoms with Gasteiger partial charge in [-0.3, -0.25) is 19.4 Å². The predicted octanol–water partition coefficient (Wildman–Crippen LogP) is 20.6. The average Bonchev–Trinajstić information content (AvgIpc) is 1.61. The SMILES string of the molecule is Cc1cc(OCCCC2=C(C(=O)NS(=O)(=O)c3ccccc3)Cc3c2cccc3-c2c(C)ccnc2C)cc(C)c1Cl.Cc1cc2nccn2cc1-c1cccc2c1CC(C(=O)NS(=O)(=O)c1ccccc1)=C2CCCOc1cc(C)c(Cl)c(C)c1.Cc1cc2nnnn2cc1-c1cccc2c1CC(C(=O)NS(=O)(=O)c1ccccc1)=C2CCCOc1cc(C)c(Cl)c(C)c1. The van der Waals surface area contributed by atoms with Crippen LogP contribution in [0, 0.1) is 69.2 Å². The topological polar surface area (TPSA) is 291 Å². The van der Waals surface area contributed by atoms with E-state index >= 15 is 0 Å². The molecule has 14 aromatic rings. The summed E-state index contributed by atoms with van der Waals surface area (Å²) >= 11 is 18.9. The number of rotatable bonds is 27. The Morgan fingerprint density at radius 2 is 0.715 bits per heavy atom. The molecule has 3 N–H and O–H groups in total. The van der Waals surface area contributed by atoms with Gasteiger partial charge >= 0.3 is 0 Å². The van der Waals surface area contributed by atoms with Crippen molar-refractivity contribution in [2.24, 2.45) is 0 Å². The Labute approximate surface area is 771 Å². The Morgan fingerprint density at radius 3 is 1.09 bits per heavy atom. The molecule has 5 heterocycles. The van der Waals surface area contributed by atoms with Crippen LogP contribution in [0.1, 0.15) is 128 Å². The molecule has 0 aliphatic heterocycles. The highest BCUT2D eigenvalue weighted by Crippen LogP contribution is 2.47. The molecule has 0 unspecified atom stereocenters. The molecule has 22 nitrogen and oxygen atoms in total. The van der Waals surface area contributed by atoms with E-state index in [9.17, 15) is 39.6 Å². The van der Waals surface area contributed by atoms with Gasteiger partial charge in [0.15, 0.2) is 5.65 Å². The molecule has 0 spiro atoms. The lowest BCUT2D eigenvalue weighted by molar-refractivity contribution is -0.116. The molecule has 3 aliphatic rings. The number of carbonyl (C=O) groups is 3. The van der Waals surface area contributed by atoms with Crippen LogP contribution >= 0.6 is 34.8 Å². The number of hydrogen-bond acceptors (Lipinski definition) is 17. The Morgan fingerprint density at radius 1 is 0.369 bits per heavy atom. The van der Waals surface area contributed by atoms with Crippen LogP contribution in [0.4, 0.5) is 0 Å². The third kappa shape index (κ3) is 20.1. The van der Waals surface area contributed by atoms with Crippen LogP contribution < -0.4 is 28.4 Å². The van der Waals surface area contributed by atoms with Crippen molar-refractivity contribution in [1.82, 2.24) is 48.6 Å². The summed E-state index contributed by atoms with van der Waals surface area (Å²) in [4.78, 5) is 50.1. The van der Waals surface area contributed by atoms with Gasteiger partial charge in [0.25, 0.3) is 47.8 Å². The predicted molar refractivity (Wildman–Crippen MR) is 510 cm³/mol. The number of amides is 3. The maximum atomic E-state index is 13.7. The molecule has 5 aromatic heterocycles. The standard InChI is InChI=1S/C35H32ClN3O4S.C34H33ClN2O4S.C33H30ClN5O4S/c1-22-19-33-37-14-15-39(33)21-32(22)29-12-7-11-27-28(13-8-16-43-25-17-23(2)34(36)24(3)18-25)31(20-30(27)29)35(40)38-44(41,42)26-9-5-4-6-10-26;1-21-15-16-36-24(4)32(21)29-13-8-12-27-28(14-9-17-41-25-18-22(2)33(35)23(3)19-25)31(20-30(27)29)34(38)37-42(39,40)26-10-6-5-7-11-26;1-20-17-31-35-37-38-39(31)19-30(20)27-12-7-11-25-26(13-8-14-43-23-15-21(2)32(34)22(3)16-23)29(18-28(25)27)33(40)36-44(41,42)24-9-5-4-6-10-24/h4-7,9-12,14-15,17-19,21H,8,13,16,20H2,1-3H3,(H,38,40);5-8,10-13,15-16,18-19H,9,14,17,20H2,1-4H3,(H,37,38);4-7,9-12,15-17,19H,8,13-14,18H2,1-3H3,(H,36,40). The van der Waals surface area contributed by atoms with Crippen LogP contribution in [0.2, 0.25) is 15.1 Å².